The van der Waals surface area contributed by atoms with Crippen molar-refractivity contribution in [1.29, 1.82) is 0 Å². The zero-order valence-electron chi connectivity index (χ0n) is 15.1. The van der Waals surface area contributed by atoms with Crippen molar-refractivity contribution in [3.8, 4) is 0 Å². The Balaban J connectivity index is 1.81. The zero-order chi connectivity index (χ0) is 21.0. The third kappa shape index (κ3) is 3.29. The van der Waals surface area contributed by atoms with Crippen molar-refractivity contribution < 1.29 is 26.5 Å². The van der Waals surface area contributed by atoms with E-state index in [1.807, 2.05) is 0 Å². The Morgan fingerprint density at radius 3 is 2.59 bits per heavy atom. The highest BCUT2D eigenvalue weighted by atomic mass is 32.2. The fourth-order valence-electron chi connectivity index (χ4n) is 4.26. The monoisotopic (exact) mass is 426 g/mol. The summed E-state index contributed by atoms with van der Waals surface area (Å²) in [6, 6.07) is 6.75. The lowest BCUT2D eigenvalue weighted by atomic mass is 10.1. The standard InChI is InChI=1S/C19H17F3N2O4S/c20-19(21,22)13-7-6-12-3-2-10-23(29(27,28)18(12)11-13)16-9-8-15-14(16)4-1-5-17(15)24(25)26/h1,4-7,11,16H,2-3,8-10H2. The summed E-state index contributed by atoms with van der Waals surface area (Å²) in [6.45, 7) is 0.144. The normalized spacial score (nSPS) is 21.3. The van der Waals surface area contributed by atoms with E-state index in [4.69, 9.17) is 0 Å². The first-order valence-electron chi connectivity index (χ1n) is 9.09. The third-order valence-electron chi connectivity index (χ3n) is 5.56. The number of hydrogen-bond acceptors (Lipinski definition) is 4. The van der Waals surface area contributed by atoms with Gasteiger partial charge in [0.1, 0.15) is 0 Å². The maximum Gasteiger partial charge on any atom is 0.416 e. The summed E-state index contributed by atoms with van der Waals surface area (Å²) >= 11 is 0. The average Bonchev–Trinajstić information content (AvgIpc) is 3.02. The van der Waals surface area contributed by atoms with E-state index in [9.17, 15) is 31.7 Å². The first-order valence-corrected chi connectivity index (χ1v) is 10.5. The lowest BCUT2D eigenvalue weighted by molar-refractivity contribution is -0.385. The second-order valence-corrected chi connectivity index (χ2v) is 9.06. The van der Waals surface area contributed by atoms with Crippen LogP contribution in [0.25, 0.3) is 0 Å². The second kappa shape index (κ2) is 6.81. The van der Waals surface area contributed by atoms with Gasteiger partial charge < -0.3 is 0 Å². The number of fused-ring (bicyclic) bond motifs is 2. The molecule has 0 saturated carbocycles. The molecular weight excluding hydrogens is 409 g/mol. The summed E-state index contributed by atoms with van der Waals surface area (Å²) in [5, 5.41) is 11.3. The van der Waals surface area contributed by atoms with Crippen molar-refractivity contribution in [1.82, 2.24) is 4.31 Å². The molecule has 4 rings (SSSR count). The molecule has 1 aliphatic carbocycles. The van der Waals surface area contributed by atoms with Crippen LogP contribution in [0.4, 0.5) is 18.9 Å². The van der Waals surface area contributed by atoms with Crippen LogP contribution in [0, 0.1) is 10.1 Å². The van der Waals surface area contributed by atoms with Crippen LogP contribution in [0.15, 0.2) is 41.3 Å². The third-order valence-corrected chi connectivity index (χ3v) is 7.55. The number of halogens is 3. The number of nitro benzene ring substituents is 1. The van der Waals surface area contributed by atoms with Gasteiger partial charge in [0.15, 0.2) is 0 Å². The summed E-state index contributed by atoms with van der Waals surface area (Å²) in [4.78, 5) is 10.5. The molecule has 2 aliphatic rings. The number of nitrogens with zero attached hydrogens (tertiary/aromatic N) is 2. The zero-order valence-corrected chi connectivity index (χ0v) is 16.0. The maximum atomic E-state index is 13.3. The first kappa shape index (κ1) is 19.8. The molecule has 1 aliphatic heterocycles. The van der Waals surface area contributed by atoms with Gasteiger partial charge in [-0.3, -0.25) is 10.1 Å². The smallest absolute Gasteiger partial charge is 0.258 e. The predicted octanol–water partition coefficient (Wildman–Crippen LogP) is 4.24. The van der Waals surface area contributed by atoms with Crippen molar-refractivity contribution in [2.45, 2.75) is 42.8 Å². The highest BCUT2D eigenvalue weighted by Gasteiger charge is 2.41. The minimum Gasteiger partial charge on any atom is -0.258 e. The minimum absolute atomic E-state index is 0.0584. The predicted molar refractivity (Wildman–Crippen MR) is 97.8 cm³/mol. The van der Waals surface area contributed by atoms with Crippen LogP contribution in [0.1, 0.15) is 41.1 Å². The van der Waals surface area contributed by atoms with Crippen LogP contribution in [-0.4, -0.2) is 24.2 Å². The molecule has 0 saturated heterocycles. The number of aryl methyl sites for hydroxylation is 1. The SMILES string of the molecule is O=[N+]([O-])c1cccc2c1CCC2N1CCCc2ccc(C(F)(F)F)cc2S1(=O)=O. The lowest BCUT2D eigenvalue weighted by Gasteiger charge is -2.27. The number of hydrogen-bond donors (Lipinski definition) is 0. The summed E-state index contributed by atoms with van der Waals surface area (Å²) in [5.74, 6) is 0. The number of sulfonamides is 1. The van der Waals surface area contributed by atoms with Crippen LogP contribution in [0.5, 0.6) is 0 Å². The maximum absolute atomic E-state index is 13.3. The number of benzene rings is 2. The molecule has 0 aromatic heterocycles. The van der Waals surface area contributed by atoms with Gasteiger partial charge >= 0.3 is 6.18 Å². The Morgan fingerprint density at radius 2 is 1.90 bits per heavy atom. The molecule has 2 aromatic rings. The second-order valence-electron chi connectivity index (χ2n) is 7.20. The summed E-state index contributed by atoms with van der Waals surface area (Å²) < 4.78 is 67.4. The van der Waals surface area contributed by atoms with Gasteiger partial charge in [-0.05, 0) is 48.9 Å². The van der Waals surface area contributed by atoms with Crippen molar-refractivity contribution in [3.05, 3.63) is 68.8 Å². The fourth-order valence-corrected chi connectivity index (χ4v) is 6.21. The minimum atomic E-state index is -4.65. The van der Waals surface area contributed by atoms with E-state index in [2.05, 4.69) is 0 Å². The van der Waals surface area contributed by atoms with Gasteiger partial charge in [-0.25, -0.2) is 8.42 Å². The number of alkyl halides is 3. The first-order chi connectivity index (χ1) is 13.6. The summed E-state index contributed by atoms with van der Waals surface area (Å²) in [6.07, 6.45) is -3.15. The Morgan fingerprint density at radius 1 is 1.14 bits per heavy atom. The molecule has 0 radical (unpaired) electrons. The van der Waals surface area contributed by atoms with Gasteiger partial charge in [0, 0.05) is 18.2 Å². The molecular formula is C19H17F3N2O4S. The fraction of sp³-hybridized carbons (Fsp3) is 0.368. The molecule has 1 heterocycles. The van der Waals surface area contributed by atoms with Crippen molar-refractivity contribution in [2.75, 3.05) is 6.54 Å². The highest BCUT2D eigenvalue weighted by Crippen LogP contribution is 2.44. The number of rotatable bonds is 2. The van der Waals surface area contributed by atoms with Gasteiger partial charge in [0.2, 0.25) is 10.0 Å². The van der Waals surface area contributed by atoms with Crippen LogP contribution in [0.3, 0.4) is 0 Å². The molecule has 6 nitrogen and oxygen atoms in total. The van der Waals surface area contributed by atoms with E-state index in [1.54, 1.807) is 6.07 Å². The van der Waals surface area contributed by atoms with Crippen molar-refractivity contribution in [2.24, 2.45) is 0 Å². The van der Waals surface area contributed by atoms with Crippen molar-refractivity contribution in [3.63, 3.8) is 0 Å². The van der Waals surface area contributed by atoms with Crippen LogP contribution in [0.2, 0.25) is 0 Å². The molecule has 0 fully saturated rings. The van der Waals surface area contributed by atoms with Gasteiger partial charge in [-0.1, -0.05) is 18.2 Å². The molecule has 0 N–H and O–H groups in total. The van der Waals surface area contributed by atoms with E-state index < -0.39 is 32.7 Å². The molecule has 29 heavy (non-hydrogen) atoms. The van der Waals surface area contributed by atoms with Crippen LogP contribution >= 0.6 is 0 Å². The average molecular weight is 426 g/mol. The van der Waals surface area contributed by atoms with Crippen LogP contribution < -0.4 is 0 Å². The van der Waals surface area contributed by atoms with Gasteiger partial charge in [0.25, 0.3) is 5.69 Å². The van der Waals surface area contributed by atoms with Crippen LogP contribution in [-0.2, 0) is 29.0 Å². The quantitative estimate of drug-likeness (QED) is 0.532. The van der Waals surface area contributed by atoms with Gasteiger partial charge in [-0.2, -0.15) is 17.5 Å². The molecule has 1 unspecified atom stereocenters. The molecule has 0 bridgehead atoms. The summed E-state index contributed by atoms with van der Waals surface area (Å²) in [5.41, 5.74) is 0.336. The molecule has 0 amide bonds. The van der Waals surface area contributed by atoms with E-state index >= 15 is 0 Å². The number of nitro groups is 1. The molecule has 0 spiro atoms. The Bertz CT molecular complexity index is 1100. The molecule has 10 heteroatoms. The highest BCUT2D eigenvalue weighted by molar-refractivity contribution is 7.89. The summed E-state index contributed by atoms with van der Waals surface area (Å²) in [7, 11) is -4.20. The topological polar surface area (TPSA) is 80.5 Å². The van der Waals surface area contributed by atoms with E-state index in [1.165, 1.54) is 22.5 Å². The largest absolute Gasteiger partial charge is 0.416 e. The molecule has 154 valence electrons. The molecule has 2 aromatic carbocycles. The van der Waals surface area contributed by atoms with Crippen molar-refractivity contribution >= 4 is 15.7 Å². The van der Waals surface area contributed by atoms with E-state index in [0.717, 1.165) is 6.07 Å². The molecule has 1 atom stereocenters. The lowest BCUT2D eigenvalue weighted by Crippen LogP contribution is -2.34. The Labute approximate surface area is 165 Å². The van der Waals surface area contributed by atoms with E-state index in [0.29, 0.717) is 48.4 Å². The van der Waals surface area contributed by atoms with Gasteiger partial charge in [-0.15, -0.1) is 0 Å². The van der Waals surface area contributed by atoms with E-state index in [-0.39, 0.29) is 17.1 Å². The Hall–Kier alpha value is -2.46. The van der Waals surface area contributed by atoms with Gasteiger partial charge in [0.05, 0.1) is 21.4 Å². The Kier molecular flexibility index (Phi) is 4.66.